The fourth-order valence-electron chi connectivity index (χ4n) is 3.37. The molecule has 1 unspecified atom stereocenters. The van der Waals surface area contributed by atoms with Gasteiger partial charge in [-0.3, -0.25) is 4.57 Å². The molecule has 1 atom stereocenters. The number of benzene rings is 1. The molecule has 0 aliphatic heterocycles. The minimum Gasteiger partial charge on any atom is -0.480 e. The molecule has 1 saturated carbocycles. The number of nitrogens with zero attached hydrogens (tertiary/aromatic N) is 1. The Balaban J connectivity index is 2.07. The molecule has 0 radical (unpaired) electrons. The number of rotatable bonds is 7. The molecule has 0 N–H and O–H groups in total. The molecule has 5 nitrogen and oxygen atoms in total. The zero-order chi connectivity index (χ0) is 20.5. The third-order valence-electron chi connectivity index (χ3n) is 4.64. The molecule has 28 heavy (non-hydrogen) atoms. The summed E-state index contributed by atoms with van der Waals surface area (Å²) in [4.78, 5) is 4.49. The van der Waals surface area contributed by atoms with Gasteiger partial charge in [0.05, 0.1) is 29.3 Å². The minimum absolute atomic E-state index is 0.221. The van der Waals surface area contributed by atoms with Crippen molar-refractivity contribution in [3.05, 3.63) is 28.2 Å². The van der Waals surface area contributed by atoms with Crippen LogP contribution in [0.3, 0.4) is 0 Å². The van der Waals surface area contributed by atoms with E-state index in [1.54, 1.807) is 18.2 Å². The molecule has 3 rings (SSSR count). The molecule has 1 aromatic heterocycles. The van der Waals surface area contributed by atoms with E-state index in [4.69, 9.17) is 36.7 Å². The Morgan fingerprint density at radius 2 is 1.79 bits per heavy atom. The van der Waals surface area contributed by atoms with Crippen molar-refractivity contribution in [2.45, 2.75) is 45.3 Å². The van der Waals surface area contributed by atoms with Gasteiger partial charge in [-0.15, -0.1) is 0 Å². The van der Waals surface area contributed by atoms with Gasteiger partial charge in [0.1, 0.15) is 5.30 Å². The van der Waals surface area contributed by atoms with Gasteiger partial charge in [-0.1, -0.05) is 36.0 Å². The largest absolute Gasteiger partial charge is 0.480 e. The Bertz CT molecular complexity index is 913. The van der Waals surface area contributed by atoms with Crippen LogP contribution < -0.4 is 10.0 Å². The van der Waals surface area contributed by atoms with Crippen molar-refractivity contribution in [2.75, 3.05) is 13.7 Å². The molecule has 0 bridgehead atoms. The summed E-state index contributed by atoms with van der Waals surface area (Å²) < 4.78 is 31.5. The number of methoxy groups -OCH3 is 1. The van der Waals surface area contributed by atoms with Crippen molar-refractivity contribution in [3.63, 3.8) is 0 Å². The van der Waals surface area contributed by atoms with E-state index in [2.05, 4.69) is 4.98 Å². The first-order valence-electron chi connectivity index (χ1n) is 9.41. The molecule has 2 aromatic rings. The molecule has 1 aliphatic rings. The zero-order valence-corrected chi connectivity index (χ0v) is 20.0. The number of hydrogen-bond acceptors (Lipinski definition) is 5. The normalized spacial score (nSPS) is 17.8. The van der Waals surface area contributed by atoms with Crippen molar-refractivity contribution in [2.24, 2.45) is 5.92 Å². The summed E-state index contributed by atoms with van der Waals surface area (Å²) in [5.74, 6) is 0.630. The summed E-state index contributed by atoms with van der Waals surface area (Å²) in [7, 11) is -4.34. The number of aromatic nitrogens is 1. The highest BCUT2D eigenvalue weighted by Crippen LogP contribution is 2.52. The lowest BCUT2D eigenvalue weighted by atomic mass is 10.1. The Kier molecular flexibility index (Phi) is 6.80. The molecule has 9 heteroatoms. The standard InChI is InChI=1S/C19H26Cl2NO4PSi/c1-24-19-18(10-14-9-15(20)16(21)11-17(14)22-19)27(23,26-28(2,3)4)25-12-13-7-5-6-8-13/h9-11,13H,5-8,12H2,1-4H3. The Hall–Kier alpha value is -0.623. The number of fused-ring (bicyclic) bond motifs is 1. The molecular weight excluding hydrogens is 436 g/mol. The first kappa shape index (κ1) is 22.1. The average molecular weight is 462 g/mol. The quantitative estimate of drug-likeness (QED) is 0.351. The Morgan fingerprint density at radius 3 is 2.39 bits per heavy atom. The topological polar surface area (TPSA) is 57.7 Å². The van der Waals surface area contributed by atoms with Crippen molar-refractivity contribution in [3.8, 4) is 5.88 Å². The van der Waals surface area contributed by atoms with Gasteiger partial charge >= 0.3 is 7.60 Å². The third-order valence-corrected chi connectivity index (χ3v) is 9.91. The SMILES string of the molecule is COc1nc2cc(Cl)c(Cl)cc2cc1P(=O)(OCC1CCCC1)O[Si](C)(C)C. The van der Waals surface area contributed by atoms with Crippen LogP contribution in [0.1, 0.15) is 25.7 Å². The highest BCUT2D eigenvalue weighted by molar-refractivity contribution is 7.63. The van der Waals surface area contributed by atoms with E-state index >= 15 is 0 Å². The molecule has 0 spiro atoms. The van der Waals surface area contributed by atoms with Crippen LogP contribution in [0.25, 0.3) is 10.9 Å². The van der Waals surface area contributed by atoms with Crippen molar-refractivity contribution in [1.82, 2.24) is 4.98 Å². The molecule has 154 valence electrons. The van der Waals surface area contributed by atoms with E-state index in [1.165, 1.54) is 20.0 Å². The van der Waals surface area contributed by atoms with Crippen molar-refractivity contribution >= 4 is 55.3 Å². The number of hydrogen-bond donors (Lipinski definition) is 0. The monoisotopic (exact) mass is 461 g/mol. The van der Waals surface area contributed by atoms with Gasteiger partial charge in [0.25, 0.3) is 0 Å². The zero-order valence-electron chi connectivity index (χ0n) is 16.6. The summed E-state index contributed by atoms with van der Waals surface area (Å²) in [6.07, 6.45) is 4.56. The van der Waals surface area contributed by atoms with E-state index in [0.29, 0.717) is 38.8 Å². The third kappa shape index (κ3) is 5.10. The van der Waals surface area contributed by atoms with Crippen LogP contribution in [-0.2, 0) is 13.3 Å². The second kappa shape index (κ2) is 8.63. The fraction of sp³-hybridized carbons (Fsp3) is 0.526. The van der Waals surface area contributed by atoms with Gasteiger partial charge in [0.15, 0.2) is 8.32 Å². The highest BCUT2D eigenvalue weighted by Gasteiger charge is 2.38. The number of halogens is 2. The lowest BCUT2D eigenvalue weighted by Gasteiger charge is -2.28. The van der Waals surface area contributed by atoms with Crippen LogP contribution in [0.5, 0.6) is 5.88 Å². The number of pyridine rings is 1. The summed E-state index contributed by atoms with van der Waals surface area (Å²) in [5.41, 5.74) is 0.602. The van der Waals surface area contributed by atoms with Gasteiger partial charge in [0.2, 0.25) is 5.88 Å². The molecule has 1 aromatic carbocycles. The number of ether oxygens (including phenoxy) is 1. The summed E-state index contributed by atoms with van der Waals surface area (Å²) in [6.45, 7) is 6.35. The van der Waals surface area contributed by atoms with Gasteiger partial charge in [0, 0.05) is 5.39 Å². The van der Waals surface area contributed by atoms with E-state index in [9.17, 15) is 4.57 Å². The van der Waals surface area contributed by atoms with E-state index < -0.39 is 15.9 Å². The summed E-state index contributed by atoms with van der Waals surface area (Å²) >= 11 is 12.3. The fourth-order valence-corrected chi connectivity index (χ4v) is 8.41. The Morgan fingerprint density at radius 1 is 1.14 bits per heavy atom. The molecule has 1 aliphatic carbocycles. The maximum Gasteiger partial charge on any atom is 0.357 e. The predicted octanol–water partition coefficient (Wildman–Crippen LogP) is 6.43. The van der Waals surface area contributed by atoms with Gasteiger partial charge < -0.3 is 13.5 Å². The average Bonchev–Trinajstić information content (AvgIpc) is 3.12. The summed E-state index contributed by atoms with van der Waals surface area (Å²) in [5, 5.41) is 1.84. The van der Waals surface area contributed by atoms with Crippen LogP contribution in [0, 0.1) is 5.92 Å². The minimum atomic E-state index is -3.63. The smallest absolute Gasteiger partial charge is 0.357 e. The first-order valence-corrected chi connectivity index (χ1v) is 15.1. The van der Waals surface area contributed by atoms with E-state index in [-0.39, 0.29) is 5.88 Å². The summed E-state index contributed by atoms with van der Waals surface area (Å²) in [6, 6.07) is 5.10. The van der Waals surface area contributed by atoms with Gasteiger partial charge in [-0.25, -0.2) is 4.98 Å². The molecule has 1 fully saturated rings. The van der Waals surface area contributed by atoms with Crippen LogP contribution in [-0.4, -0.2) is 27.0 Å². The molecule has 0 amide bonds. The second-order valence-corrected chi connectivity index (χ2v) is 15.6. The lowest BCUT2D eigenvalue weighted by molar-refractivity contribution is 0.226. The van der Waals surface area contributed by atoms with E-state index in [1.807, 2.05) is 19.6 Å². The van der Waals surface area contributed by atoms with Gasteiger partial charge in [-0.2, -0.15) is 0 Å². The van der Waals surface area contributed by atoms with Crippen LogP contribution in [0.4, 0.5) is 0 Å². The van der Waals surface area contributed by atoms with Crippen LogP contribution in [0.2, 0.25) is 29.7 Å². The second-order valence-electron chi connectivity index (χ2n) is 8.12. The highest BCUT2D eigenvalue weighted by atomic mass is 35.5. The maximum atomic E-state index is 14.0. The molecular formula is C19H26Cl2NO4PSi. The van der Waals surface area contributed by atoms with Gasteiger partial charge in [-0.05, 0) is 56.6 Å². The van der Waals surface area contributed by atoms with Crippen molar-refractivity contribution in [1.29, 1.82) is 0 Å². The lowest BCUT2D eigenvalue weighted by Crippen LogP contribution is -2.29. The van der Waals surface area contributed by atoms with Crippen LogP contribution >= 0.6 is 30.8 Å². The predicted molar refractivity (Wildman–Crippen MR) is 118 cm³/mol. The maximum absolute atomic E-state index is 14.0. The van der Waals surface area contributed by atoms with Crippen LogP contribution in [0.15, 0.2) is 18.2 Å². The molecule has 0 saturated heterocycles. The molecule has 1 heterocycles. The van der Waals surface area contributed by atoms with E-state index in [0.717, 1.165) is 12.8 Å². The first-order chi connectivity index (χ1) is 13.1. The van der Waals surface area contributed by atoms with Crippen molar-refractivity contribution < 1.29 is 18.0 Å². The Labute approximate surface area is 177 Å².